The van der Waals surface area contributed by atoms with Crippen molar-refractivity contribution in [1.29, 1.82) is 0 Å². The summed E-state index contributed by atoms with van der Waals surface area (Å²) in [6, 6.07) is 27.8. The molecule has 0 fully saturated rings. The Morgan fingerprint density at radius 2 is 1.21 bits per heavy atom. The molecule has 0 radical (unpaired) electrons. The highest BCUT2D eigenvalue weighted by Gasteiger charge is 2.39. The van der Waals surface area contributed by atoms with Crippen molar-refractivity contribution in [1.82, 2.24) is 4.67 Å². The molecule has 0 saturated carbocycles. The summed E-state index contributed by atoms with van der Waals surface area (Å²) in [6.45, 7) is 8.42. The summed E-state index contributed by atoms with van der Waals surface area (Å²) in [5, 5.41) is 1.65. The lowest BCUT2D eigenvalue weighted by molar-refractivity contribution is 0.307. The van der Waals surface area contributed by atoms with E-state index in [1.54, 1.807) is 0 Å². The molecule has 0 N–H and O–H groups in total. The van der Waals surface area contributed by atoms with E-state index in [2.05, 4.69) is 44.2 Å². The number of hydrogen-bond donors (Lipinski definition) is 0. The monoisotopic (exact) mass is 401 g/mol. The van der Waals surface area contributed by atoms with Gasteiger partial charge < -0.3 is 0 Å². The van der Waals surface area contributed by atoms with Gasteiger partial charge in [-0.2, -0.15) is 0 Å². The third kappa shape index (κ3) is 4.54. The van der Waals surface area contributed by atoms with Gasteiger partial charge in [-0.1, -0.05) is 60.4 Å². The number of nitrogens with zero attached hydrogens (tertiary/aromatic N) is 1. The molecule has 3 aromatic carbocycles. The second-order valence-electron chi connectivity index (χ2n) is 7.61. The Morgan fingerprint density at radius 1 is 0.690 bits per heavy atom. The van der Waals surface area contributed by atoms with E-state index < -0.39 is 7.29 Å². The summed E-state index contributed by atoms with van der Waals surface area (Å²) >= 11 is 0. The van der Waals surface area contributed by atoms with Gasteiger partial charge in [0, 0.05) is 33.8 Å². The van der Waals surface area contributed by atoms with E-state index in [1.807, 2.05) is 84.9 Å². The first-order chi connectivity index (χ1) is 13.9. The summed E-state index contributed by atoms with van der Waals surface area (Å²) in [6.07, 6.45) is 0. The van der Waals surface area contributed by atoms with E-state index in [4.69, 9.17) is 0 Å². The van der Waals surface area contributed by atoms with Crippen molar-refractivity contribution < 1.29 is 4.57 Å². The molecule has 3 aromatic rings. The largest absolute Gasteiger partial charge is 0.296 e. The van der Waals surface area contributed by atoms with E-state index in [-0.39, 0.29) is 12.1 Å². The molecule has 29 heavy (non-hydrogen) atoms. The normalized spacial score (nSPS) is 13.2. The Kier molecular flexibility index (Phi) is 6.75. The Hall–Kier alpha value is -2.59. The van der Waals surface area contributed by atoms with Crippen LogP contribution in [0.5, 0.6) is 0 Å². The molecule has 3 heteroatoms. The van der Waals surface area contributed by atoms with Gasteiger partial charge in [-0.05, 0) is 64.1 Å². The van der Waals surface area contributed by atoms with Crippen LogP contribution in [-0.4, -0.2) is 16.8 Å². The summed E-state index contributed by atoms with van der Waals surface area (Å²) < 4.78 is 17.0. The first kappa shape index (κ1) is 21.1. The van der Waals surface area contributed by atoms with Crippen molar-refractivity contribution >= 4 is 17.9 Å². The molecule has 0 saturated heterocycles. The van der Waals surface area contributed by atoms with Crippen LogP contribution in [0.3, 0.4) is 0 Å². The average molecular weight is 401 g/mol. The van der Waals surface area contributed by atoms with E-state index in [1.165, 1.54) is 0 Å². The molecule has 148 valence electrons. The summed E-state index contributed by atoms with van der Waals surface area (Å²) in [7, 11) is -3.07. The van der Waals surface area contributed by atoms with Crippen molar-refractivity contribution in [2.45, 2.75) is 39.8 Å². The maximum absolute atomic E-state index is 14.9. The minimum Gasteiger partial charge on any atom is -0.296 e. The van der Waals surface area contributed by atoms with Gasteiger partial charge in [0.2, 0.25) is 7.29 Å². The highest BCUT2D eigenvalue weighted by Crippen LogP contribution is 2.50. The smallest absolute Gasteiger partial charge is 0.208 e. The lowest BCUT2D eigenvalue weighted by atomic mass is 10.2. The predicted octanol–water partition coefficient (Wildman–Crippen LogP) is 5.43. The van der Waals surface area contributed by atoms with Crippen LogP contribution in [0.25, 0.3) is 0 Å². The fraction of sp³-hybridized carbons (Fsp3) is 0.231. The first-order valence-corrected chi connectivity index (χ1v) is 11.7. The third-order valence-corrected chi connectivity index (χ3v) is 8.45. The van der Waals surface area contributed by atoms with Crippen LogP contribution in [0.4, 0.5) is 0 Å². The van der Waals surface area contributed by atoms with E-state index in [0.717, 1.165) is 21.7 Å². The molecule has 0 aromatic heterocycles. The SMILES string of the molecule is CC(C)N(C(C)C)P(=O)(c1ccccc1)c1ccccc1C#Cc1ccccc1. The molecule has 1 unspecified atom stereocenters. The number of benzene rings is 3. The highest BCUT2D eigenvalue weighted by atomic mass is 31.2. The number of hydrogen-bond acceptors (Lipinski definition) is 1. The molecule has 0 spiro atoms. The molecule has 0 amide bonds. The molecule has 2 nitrogen and oxygen atoms in total. The van der Waals surface area contributed by atoms with E-state index >= 15 is 0 Å². The average Bonchev–Trinajstić information content (AvgIpc) is 2.73. The van der Waals surface area contributed by atoms with Crippen molar-refractivity contribution in [2.75, 3.05) is 0 Å². The molecular formula is C26H28NOP. The first-order valence-electron chi connectivity index (χ1n) is 10.1. The second kappa shape index (κ2) is 9.27. The van der Waals surface area contributed by atoms with Crippen LogP contribution in [-0.2, 0) is 4.57 Å². The zero-order valence-corrected chi connectivity index (χ0v) is 18.4. The van der Waals surface area contributed by atoms with Crippen molar-refractivity contribution in [3.8, 4) is 11.8 Å². The van der Waals surface area contributed by atoms with Crippen molar-refractivity contribution in [3.05, 3.63) is 96.1 Å². The Morgan fingerprint density at radius 3 is 1.79 bits per heavy atom. The highest BCUT2D eigenvalue weighted by molar-refractivity contribution is 7.76. The maximum Gasteiger partial charge on any atom is 0.208 e. The van der Waals surface area contributed by atoms with Gasteiger partial charge >= 0.3 is 0 Å². The van der Waals surface area contributed by atoms with Gasteiger partial charge in [0.25, 0.3) is 0 Å². The van der Waals surface area contributed by atoms with Gasteiger partial charge in [0.05, 0.1) is 0 Å². The fourth-order valence-corrected chi connectivity index (χ4v) is 7.19. The molecule has 0 bridgehead atoms. The predicted molar refractivity (Wildman–Crippen MR) is 124 cm³/mol. The zero-order chi connectivity index (χ0) is 20.9. The van der Waals surface area contributed by atoms with Crippen LogP contribution in [0.2, 0.25) is 0 Å². The molecule has 1 atom stereocenters. The van der Waals surface area contributed by atoms with E-state index in [9.17, 15) is 4.57 Å². The van der Waals surface area contributed by atoms with Gasteiger partial charge in [0.15, 0.2) is 0 Å². The standard InChI is InChI=1S/C26H28NOP/c1-21(2)27(22(3)4)29(28,25-16-9-6-10-17-25)26-18-12-11-15-24(26)20-19-23-13-7-5-8-14-23/h5-18,21-22H,1-4H3. The lowest BCUT2D eigenvalue weighted by Crippen LogP contribution is -2.41. The Balaban J connectivity index is 2.23. The Labute approximate surface area is 175 Å². The minimum absolute atomic E-state index is 0.121. The van der Waals surface area contributed by atoms with Gasteiger partial charge in [-0.3, -0.25) is 4.57 Å². The molecule has 3 rings (SSSR count). The molecule has 0 aliphatic heterocycles. The third-order valence-electron chi connectivity index (χ3n) is 4.84. The van der Waals surface area contributed by atoms with Gasteiger partial charge in [0.1, 0.15) is 0 Å². The summed E-state index contributed by atoms with van der Waals surface area (Å²) in [5.74, 6) is 6.52. The lowest BCUT2D eigenvalue weighted by Gasteiger charge is -2.38. The molecule has 0 aliphatic rings. The number of rotatable bonds is 5. The second-order valence-corrected chi connectivity index (χ2v) is 10.2. The quantitative estimate of drug-likeness (QED) is 0.419. The van der Waals surface area contributed by atoms with Crippen LogP contribution >= 0.6 is 7.29 Å². The van der Waals surface area contributed by atoms with Crippen molar-refractivity contribution in [3.63, 3.8) is 0 Å². The fourth-order valence-electron chi connectivity index (χ4n) is 3.78. The molecular weight excluding hydrogens is 373 g/mol. The van der Waals surface area contributed by atoms with Gasteiger partial charge in [-0.15, -0.1) is 0 Å². The van der Waals surface area contributed by atoms with Crippen molar-refractivity contribution in [2.24, 2.45) is 0 Å². The van der Waals surface area contributed by atoms with Crippen LogP contribution in [0.15, 0.2) is 84.9 Å². The van der Waals surface area contributed by atoms with E-state index in [0.29, 0.717) is 0 Å². The zero-order valence-electron chi connectivity index (χ0n) is 17.5. The maximum atomic E-state index is 14.9. The topological polar surface area (TPSA) is 20.3 Å². The Bertz CT molecular complexity index is 1040. The van der Waals surface area contributed by atoms with Crippen LogP contribution in [0.1, 0.15) is 38.8 Å². The molecule has 0 aliphatic carbocycles. The van der Waals surface area contributed by atoms with Gasteiger partial charge in [-0.25, -0.2) is 4.67 Å². The summed E-state index contributed by atoms with van der Waals surface area (Å²) in [5.41, 5.74) is 1.76. The van der Waals surface area contributed by atoms with Crippen LogP contribution < -0.4 is 10.6 Å². The van der Waals surface area contributed by atoms with Crippen LogP contribution in [0, 0.1) is 11.8 Å². The minimum atomic E-state index is -3.07. The summed E-state index contributed by atoms with van der Waals surface area (Å²) in [4.78, 5) is 0. The molecule has 0 heterocycles.